The molecule has 1 atom stereocenters. The minimum absolute atomic E-state index is 0.187. The number of H-pyrrole nitrogens is 1. The highest BCUT2D eigenvalue weighted by molar-refractivity contribution is 5.90. The number of fused-ring (bicyclic) bond motifs is 1. The number of aliphatic hydroxyl groups is 1. The average Bonchev–Trinajstić information content (AvgIpc) is 3.22. The molecule has 0 fully saturated rings. The molecular formula is C21H26N2O5. The lowest BCUT2D eigenvalue weighted by Gasteiger charge is -2.15. The maximum absolute atomic E-state index is 10.2. The van der Waals surface area contributed by atoms with Crippen LogP contribution in [0.15, 0.2) is 48.7 Å². The summed E-state index contributed by atoms with van der Waals surface area (Å²) in [5.41, 5.74) is 0.876. The standard InChI is InChI=1S/C21H26N2O5/c1-25-18-5-3-4-6-19(18)27-12-11-22-13-15(24)14-28-17-7-8-20(26-2)21-16(17)9-10-23-21/h3-10,15,22-24H,11-14H2,1-2H3/t15-/m0/s1. The van der Waals surface area contributed by atoms with Gasteiger partial charge in [-0.2, -0.15) is 0 Å². The smallest absolute Gasteiger partial charge is 0.161 e. The van der Waals surface area contributed by atoms with E-state index in [1.165, 1.54) is 0 Å². The number of hydrogen-bond acceptors (Lipinski definition) is 6. The molecule has 3 N–H and O–H groups in total. The number of rotatable bonds is 11. The number of hydrogen-bond donors (Lipinski definition) is 3. The van der Waals surface area contributed by atoms with Crippen molar-refractivity contribution in [2.45, 2.75) is 6.10 Å². The largest absolute Gasteiger partial charge is 0.495 e. The number of aliphatic hydroxyl groups excluding tert-OH is 1. The van der Waals surface area contributed by atoms with Crippen molar-refractivity contribution in [2.75, 3.05) is 40.5 Å². The van der Waals surface area contributed by atoms with Crippen molar-refractivity contribution in [3.63, 3.8) is 0 Å². The van der Waals surface area contributed by atoms with Crippen molar-refractivity contribution in [2.24, 2.45) is 0 Å². The molecule has 1 aromatic heterocycles. The Morgan fingerprint density at radius 2 is 1.68 bits per heavy atom. The molecule has 0 saturated heterocycles. The SMILES string of the molecule is COc1ccccc1OCCNC[C@H](O)COc1ccc(OC)c2[nH]ccc12. The van der Waals surface area contributed by atoms with Crippen LogP contribution < -0.4 is 24.3 Å². The van der Waals surface area contributed by atoms with Gasteiger partial charge < -0.3 is 34.4 Å². The summed E-state index contributed by atoms with van der Waals surface area (Å²) in [6.07, 6.45) is 1.20. The molecular weight excluding hydrogens is 360 g/mol. The van der Waals surface area contributed by atoms with Gasteiger partial charge in [-0.25, -0.2) is 0 Å². The van der Waals surface area contributed by atoms with Crippen LogP contribution in [0.5, 0.6) is 23.0 Å². The van der Waals surface area contributed by atoms with Crippen LogP contribution in [0.3, 0.4) is 0 Å². The second-order valence-corrected chi connectivity index (χ2v) is 6.20. The lowest BCUT2D eigenvalue weighted by molar-refractivity contribution is 0.106. The van der Waals surface area contributed by atoms with Gasteiger partial charge in [0, 0.05) is 24.7 Å². The number of benzene rings is 2. The zero-order chi connectivity index (χ0) is 19.8. The summed E-state index contributed by atoms with van der Waals surface area (Å²) in [6, 6.07) is 13.1. The number of aromatic amines is 1. The van der Waals surface area contributed by atoms with Gasteiger partial charge in [-0.05, 0) is 30.3 Å². The van der Waals surface area contributed by atoms with E-state index in [-0.39, 0.29) is 6.61 Å². The third kappa shape index (κ3) is 4.88. The van der Waals surface area contributed by atoms with Crippen LogP contribution in [0.1, 0.15) is 0 Å². The topological polar surface area (TPSA) is 85.0 Å². The number of methoxy groups -OCH3 is 2. The van der Waals surface area contributed by atoms with E-state index in [9.17, 15) is 5.11 Å². The molecule has 0 aliphatic heterocycles. The van der Waals surface area contributed by atoms with E-state index in [4.69, 9.17) is 18.9 Å². The predicted molar refractivity (Wildman–Crippen MR) is 108 cm³/mol. The highest BCUT2D eigenvalue weighted by Crippen LogP contribution is 2.32. The van der Waals surface area contributed by atoms with E-state index in [1.54, 1.807) is 14.2 Å². The van der Waals surface area contributed by atoms with Gasteiger partial charge in [-0.1, -0.05) is 12.1 Å². The third-order valence-corrected chi connectivity index (χ3v) is 4.28. The number of aromatic nitrogens is 1. The molecule has 0 saturated carbocycles. The summed E-state index contributed by atoms with van der Waals surface area (Å²) >= 11 is 0. The molecule has 0 bridgehead atoms. The zero-order valence-corrected chi connectivity index (χ0v) is 16.1. The average molecular weight is 386 g/mol. The maximum Gasteiger partial charge on any atom is 0.161 e. The van der Waals surface area contributed by atoms with E-state index in [0.29, 0.717) is 36.9 Å². The van der Waals surface area contributed by atoms with Crippen LogP contribution in [0, 0.1) is 0 Å². The highest BCUT2D eigenvalue weighted by Gasteiger charge is 2.11. The molecule has 2 aromatic carbocycles. The van der Waals surface area contributed by atoms with E-state index >= 15 is 0 Å². The summed E-state index contributed by atoms with van der Waals surface area (Å²) in [4.78, 5) is 3.13. The van der Waals surface area contributed by atoms with Crippen LogP contribution in [0.4, 0.5) is 0 Å². The molecule has 1 heterocycles. The van der Waals surface area contributed by atoms with Crippen LogP contribution in [-0.4, -0.2) is 56.7 Å². The van der Waals surface area contributed by atoms with Gasteiger partial charge in [0.05, 0.1) is 19.7 Å². The fourth-order valence-electron chi connectivity index (χ4n) is 2.88. The Morgan fingerprint density at radius 3 is 2.46 bits per heavy atom. The van der Waals surface area contributed by atoms with Gasteiger partial charge in [-0.15, -0.1) is 0 Å². The Labute approximate surface area is 164 Å². The molecule has 0 spiro atoms. The quantitative estimate of drug-likeness (QED) is 0.439. The van der Waals surface area contributed by atoms with Crippen molar-refractivity contribution in [3.05, 3.63) is 48.7 Å². The van der Waals surface area contributed by atoms with Crippen molar-refractivity contribution in [1.29, 1.82) is 0 Å². The fraction of sp³-hybridized carbons (Fsp3) is 0.333. The molecule has 0 aliphatic carbocycles. The monoisotopic (exact) mass is 386 g/mol. The first-order chi connectivity index (χ1) is 13.7. The van der Waals surface area contributed by atoms with Gasteiger partial charge in [0.1, 0.15) is 30.8 Å². The normalized spacial score (nSPS) is 12.0. The van der Waals surface area contributed by atoms with E-state index < -0.39 is 6.10 Å². The molecule has 3 rings (SSSR count). The Balaban J connectivity index is 1.39. The highest BCUT2D eigenvalue weighted by atomic mass is 16.5. The number of ether oxygens (including phenoxy) is 4. The molecule has 0 radical (unpaired) electrons. The molecule has 28 heavy (non-hydrogen) atoms. The van der Waals surface area contributed by atoms with Crippen molar-refractivity contribution in [3.8, 4) is 23.0 Å². The van der Waals surface area contributed by atoms with E-state index in [0.717, 1.165) is 16.7 Å². The maximum atomic E-state index is 10.2. The Morgan fingerprint density at radius 1 is 0.929 bits per heavy atom. The summed E-state index contributed by atoms with van der Waals surface area (Å²) in [5, 5.41) is 14.2. The minimum Gasteiger partial charge on any atom is -0.495 e. The summed E-state index contributed by atoms with van der Waals surface area (Å²) in [6.45, 7) is 1.66. The number of para-hydroxylation sites is 2. The minimum atomic E-state index is -0.637. The van der Waals surface area contributed by atoms with Gasteiger partial charge in [-0.3, -0.25) is 0 Å². The Kier molecular flexibility index (Phi) is 7.00. The first-order valence-corrected chi connectivity index (χ1v) is 9.14. The van der Waals surface area contributed by atoms with Gasteiger partial charge >= 0.3 is 0 Å². The first kappa shape index (κ1) is 19.9. The van der Waals surface area contributed by atoms with Crippen molar-refractivity contribution >= 4 is 10.9 Å². The zero-order valence-electron chi connectivity index (χ0n) is 16.1. The molecule has 7 heteroatoms. The van der Waals surface area contributed by atoms with Crippen molar-refractivity contribution in [1.82, 2.24) is 10.3 Å². The van der Waals surface area contributed by atoms with Crippen LogP contribution in [0.25, 0.3) is 10.9 Å². The lowest BCUT2D eigenvalue weighted by atomic mass is 10.2. The van der Waals surface area contributed by atoms with Gasteiger partial charge in [0.25, 0.3) is 0 Å². The lowest BCUT2D eigenvalue weighted by Crippen LogP contribution is -2.33. The predicted octanol–water partition coefficient (Wildman–Crippen LogP) is 2.59. The summed E-state index contributed by atoms with van der Waals surface area (Å²) in [5.74, 6) is 2.86. The van der Waals surface area contributed by atoms with Gasteiger partial charge in [0.2, 0.25) is 0 Å². The van der Waals surface area contributed by atoms with E-state index in [2.05, 4.69) is 10.3 Å². The second kappa shape index (κ2) is 9.87. The molecule has 150 valence electrons. The Hall–Kier alpha value is -2.90. The molecule has 3 aromatic rings. The molecule has 0 amide bonds. The molecule has 0 aliphatic rings. The van der Waals surface area contributed by atoms with Gasteiger partial charge in [0.15, 0.2) is 11.5 Å². The number of nitrogens with one attached hydrogen (secondary N) is 2. The first-order valence-electron chi connectivity index (χ1n) is 9.14. The second-order valence-electron chi connectivity index (χ2n) is 6.20. The van der Waals surface area contributed by atoms with Crippen LogP contribution in [0.2, 0.25) is 0 Å². The molecule has 7 nitrogen and oxygen atoms in total. The van der Waals surface area contributed by atoms with Crippen LogP contribution in [-0.2, 0) is 0 Å². The summed E-state index contributed by atoms with van der Waals surface area (Å²) in [7, 11) is 3.24. The molecule has 0 unspecified atom stereocenters. The Bertz CT molecular complexity index is 880. The van der Waals surface area contributed by atoms with E-state index in [1.807, 2.05) is 48.7 Å². The van der Waals surface area contributed by atoms with Crippen LogP contribution >= 0.6 is 0 Å². The fourth-order valence-corrected chi connectivity index (χ4v) is 2.88. The van der Waals surface area contributed by atoms with Crippen molar-refractivity contribution < 1.29 is 24.1 Å². The third-order valence-electron chi connectivity index (χ3n) is 4.28. The summed E-state index contributed by atoms with van der Waals surface area (Å²) < 4.78 is 22.0.